The topological polar surface area (TPSA) is 84.9 Å². The maximum atomic E-state index is 12.2. The van der Waals surface area contributed by atoms with Crippen LogP contribution in [-0.4, -0.2) is 45.7 Å². The fourth-order valence-corrected chi connectivity index (χ4v) is 3.22. The number of carbonyl (C=O) groups excluding carboxylic acids is 1. The van der Waals surface area contributed by atoms with Gasteiger partial charge in [0.15, 0.2) is 11.5 Å². The van der Waals surface area contributed by atoms with Crippen molar-refractivity contribution in [2.24, 2.45) is 0 Å². The molecule has 0 unspecified atom stereocenters. The maximum Gasteiger partial charge on any atom is 0.235 e. The van der Waals surface area contributed by atoms with Crippen LogP contribution in [0.15, 0.2) is 48.5 Å². The van der Waals surface area contributed by atoms with E-state index in [0.29, 0.717) is 23.6 Å². The second-order valence-electron chi connectivity index (χ2n) is 5.98. The molecule has 0 bridgehead atoms. The first-order valence-corrected chi connectivity index (χ1v) is 10.1. The van der Waals surface area contributed by atoms with E-state index in [1.165, 1.54) is 14.2 Å². The maximum absolute atomic E-state index is 12.2. The second kappa shape index (κ2) is 9.38. The first kappa shape index (κ1) is 20.7. The lowest BCUT2D eigenvalue weighted by atomic mass is 10.2. The summed E-state index contributed by atoms with van der Waals surface area (Å²) < 4.78 is 35.8. The van der Waals surface area contributed by atoms with Crippen molar-refractivity contribution in [3.8, 4) is 11.5 Å². The molecule has 0 spiro atoms. The molecule has 0 fully saturated rings. The summed E-state index contributed by atoms with van der Waals surface area (Å²) in [4.78, 5) is 12.2. The molecule has 0 radical (unpaired) electrons. The zero-order valence-electron chi connectivity index (χ0n) is 15.6. The van der Waals surface area contributed by atoms with E-state index < -0.39 is 10.0 Å². The zero-order chi connectivity index (χ0) is 19.9. The highest BCUT2D eigenvalue weighted by molar-refractivity contribution is 7.88. The fraction of sp³-hybridized carbons (Fsp3) is 0.316. The van der Waals surface area contributed by atoms with Crippen LogP contribution in [0.3, 0.4) is 0 Å². The summed E-state index contributed by atoms with van der Waals surface area (Å²) in [7, 11) is -0.544. The van der Waals surface area contributed by atoms with Gasteiger partial charge in [0.1, 0.15) is 0 Å². The van der Waals surface area contributed by atoms with Crippen LogP contribution < -0.4 is 14.8 Å². The highest BCUT2D eigenvalue weighted by Gasteiger charge is 2.21. The van der Waals surface area contributed by atoms with E-state index in [9.17, 15) is 13.2 Å². The van der Waals surface area contributed by atoms with Gasteiger partial charge in [0.05, 0.1) is 27.0 Å². The van der Waals surface area contributed by atoms with Crippen molar-refractivity contribution >= 4 is 15.9 Å². The Morgan fingerprint density at radius 3 is 2.26 bits per heavy atom. The Labute approximate surface area is 160 Å². The lowest BCUT2D eigenvalue weighted by Gasteiger charge is -2.20. The zero-order valence-corrected chi connectivity index (χ0v) is 16.5. The number of amides is 1. The lowest BCUT2D eigenvalue weighted by Crippen LogP contribution is -2.39. The third-order valence-corrected chi connectivity index (χ3v) is 5.12. The standard InChI is InChI=1S/C19H24N2O5S/c1-25-17-10-9-16(11-18(17)26-2)13-21(27(3,23)24)14-19(22)20-12-15-7-5-4-6-8-15/h4-11H,12-14H2,1-3H3,(H,20,22). The fourth-order valence-electron chi connectivity index (χ4n) is 2.49. The van der Waals surface area contributed by atoms with Gasteiger partial charge in [-0.1, -0.05) is 36.4 Å². The molecule has 0 saturated carbocycles. The van der Waals surface area contributed by atoms with Gasteiger partial charge in [-0.05, 0) is 23.3 Å². The Morgan fingerprint density at radius 2 is 1.67 bits per heavy atom. The number of nitrogens with zero attached hydrogens (tertiary/aromatic N) is 1. The van der Waals surface area contributed by atoms with Crippen LogP contribution in [0.2, 0.25) is 0 Å². The minimum absolute atomic E-state index is 0.0535. The first-order chi connectivity index (χ1) is 12.8. The molecular weight excluding hydrogens is 368 g/mol. The Morgan fingerprint density at radius 1 is 1.00 bits per heavy atom. The van der Waals surface area contributed by atoms with E-state index in [0.717, 1.165) is 16.1 Å². The van der Waals surface area contributed by atoms with Crippen LogP contribution in [0.4, 0.5) is 0 Å². The first-order valence-electron chi connectivity index (χ1n) is 8.30. The Kier molecular flexibility index (Phi) is 7.20. The predicted molar refractivity (Wildman–Crippen MR) is 103 cm³/mol. The van der Waals surface area contributed by atoms with E-state index in [-0.39, 0.29) is 19.0 Å². The van der Waals surface area contributed by atoms with Crippen molar-refractivity contribution in [1.82, 2.24) is 9.62 Å². The van der Waals surface area contributed by atoms with Gasteiger partial charge in [-0.25, -0.2) is 8.42 Å². The quantitative estimate of drug-likeness (QED) is 0.703. The van der Waals surface area contributed by atoms with Crippen LogP contribution in [0, 0.1) is 0 Å². The highest BCUT2D eigenvalue weighted by atomic mass is 32.2. The summed E-state index contributed by atoms with van der Waals surface area (Å²) in [5.41, 5.74) is 1.63. The van der Waals surface area contributed by atoms with Crippen molar-refractivity contribution in [3.05, 3.63) is 59.7 Å². The monoisotopic (exact) mass is 392 g/mol. The molecule has 0 heterocycles. The number of rotatable bonds is 9. The third-order valence-electron chi connectivity index (χ3n) is 3.93. The number of methoxy groups -OCH3 is 2. The molecule has 7 nitrogen and oxygen atoms in total. The summed E-state index contributed by atoms with van der Waals surface area (Å²) in [6, 6.07) is 14.5. The van der Waals surface area contributed by atoms with Gasteiger partial charge in [0.25, 0.3) is 0 Å². The number of sulfonamides is 1. The van der Waals surface area contributed by atoms with Gasteiger partial charge in [-0.3, -0.25) is 4.79 Å². The molecule has 0 aromatic heterocycles. The molecular formula is C19H24N2O5S. The van der Waals surface area contributed by atoms with E-state index >= 15 is 0 Å². The van der Waals surface area contributed by atoms with Crippen molar-refractivity contribution in [3.63, 3.8) is 0 Å². The molecule has 2 aromatic carbocycles. The minimum atomic E-state index is -3.58. The van der Waals surface area contributed by atoms with Crippen molar-refractivity contribution in [2.75, 3.05) is 27.0 Å². The smallest absolute Gasteiger partial charge is 0.235 e. The van der Waals surface area contributed by atoms with E-state index in [1.54, 1.807) is 18.2 Å². The Balaban J connectivity index is 2.06. The normalized spacial score (nSPS) is 11.3. The molecule has 1 N–H and O–H groups in total. The molecule has 146 valence electrons. The average molecular weight is 392 g/mol. The molecule has 2 rings (SSSR count). The number of carbonyl (C=O) groups is 1. The molecule has 0 aliphatic rings. The SMILES string of the molecule is COc1ccc(CN(CC(=O)NCc2ccccc2)S(C)(=O)=O)cc1OC. The molecule has 8 heteroatoms. The molecule has 0 atom stereocenters. The largest absolute Gasteiger partial charge is 0.493 e. The second-order valence-corrected chi connectivity index (χ2v) is 7.97. The molecule has 0 saturated heterocycles. The summed E-state index contributed by atoms with van der Waals surface area (Å²) in [5.74, 6) is 0.675. The molecule has 27 heavy (non-hydrogen) atoms. The van der Waals surface area contributed by atoms with E-state index in [4.69, 9.17) is 9.47 Å². The van der Waals surface area contributed by atoms with Crippen molar-refractivity contribution < 1.29 is 22.7 Å². The molecule has 0 aliphatic heterocycles. The van der Waals surface area contributed by atoms with Gasteiger partial charge in [-0.2, -0.15) is 4.31 Å². The van der Waals surface area contributed by atoms with E-state index in [2.05, 4.69) is 5.32 Å². The number of ether oxygens (including phenoxy) is 2. The summed E-state index contributed by atoms with van der Waals surface area (Å²) in [6.07, 6.45) is 1.08. The van der Waals surface area contributed by atoms with Gasteiger partial charge >= 0.3 is 0 Å². The minimum Gasteiger partial charge on any atom is -0.493 e. The Hall–Kier alpha value is -2.58. The highest BCUT2D eigenvalue weighted by Crippen LogP contribution is 2.28. The summed E-state index contributed by atoms with van der Waals surface area (Å²) in [5, 5.41) is 2.74. The van der Waals surface area contributed by atoms with Crippen molar-refractivity contribution in [1.29, 1.82) is 0 Å². The lowest BCUT2D eigenvalue weighted by molar-refractivity contribution is -0.121. The number of nitrogens with one attached hydrogen (secondary N) is 1. The average Bonchev–Trinajstić information content (AvgIpc) is 2.65. The Bertz CT molecular complexity index is 869. The van der Waals surface area contributed by atoms with Crippen LogP contribution in [0.5, 0.6) is 11.5 Å². The van der Waals surface area contributed by atoms with Crippen molar-refractivity contribution in [2.45, 2.75) is 13.1 Å². The summed E-state index contributed by atoms with van der Waals surface area (Å²) >= 11 is 0. The van der Waals surface area contributed by atoms with Crippen LogP contribution in [-0.2, 0) is 27.9 Å². The van der Waals surface area contributed by atoms with Gasteiger partial charge in [0.2, 0.25) is 15.9 Å². The van der Waals surface area contributed by atoms with Crippen LogP contribution in [0.1, 0.15) is 11.1 Å². The van der Waals surface area contributed by atoms with Gasteiger partial charge < -0.3 is 14.8 Å². The number of benzene rings is 2. The molecule has 2 aromatic rings. The number of hydrogen-bond acceptors (Lipinski definition) is 5. The van der Waals surface area contributed by atoms with Gasteiger partial charge in [0, 0.05) is 13.1 Å². The summed E-state index contributed by atoms with van der Waals surface area (Å²) in [6.45, 7) is 0.131. The van der Waals surface area contributed by atoms with E-state index in [1.807, 2.05) is 30.3 Å². The third kappa shape index (κ3) is 6.26. The van der Waals surface area contributed by atoms with Crippen LogP contribution >= 0.6 is 0 Å². The molecule has 1 amide bonds. The number of hydrogen-bond donors (Lipinski definition) is 1. The molecule has 0 aliphatic carbocycles. The predicted octanol–water partition coefficient (Wildman–Crippen LogP) is 1.78. The van der Waals surface area contributed by atoms with Gasteiger partial charge in [-0.15, -0.1) is 0 Å². The van der Waals surface area contributed by atoms with Crippen LogP contribution in [0.25, 0.3) is 0 Å².